The molecule has 0 aliphatic carbocycles. The van der Waals surface area contributed by atoms with E-state index in [1.165, 1.54) is 34.4 Å². The van der Waals surface area contributed by atoms with E-state index in [0.717, 1.165) is 16.7 Å². The minimum atomic E-state index is -0.754. The molecule has 30 heavy (non-hydrogen) atoms. The number of nitrogens with one attached hydrogen (secondary N) is 1. The molecule has 4 aromatic rings. The summed E-state index contributed by atoms with van der Waals surface area (Å²) in [5.41, 5.74) is 3.88. The van der Waals surface area contributed by atoms with Gasteiger partial charge in [0.05, 0.1) is 11.7 Å². The van der Waals surface area contributed by atoms with Crippen molar-refractivity contribution >= 4 is 33.1 Å². The van der Waals surface area contributed by atoms with E-state index in [-0.39, 0.29) is 17.3 Å². The van der Waals surface area contributed by atoms with Crippen LogP contribution in [-0.4, -0.2) is 15.5 Å². The molecular weight excluding hydrogens is 401 g/mol. The molecule has 1 unspecified atom stereocenters. The fourth-order valence-electron chi connectivity index (χ4n) is 3.38. The summed E-state index contributed by atoms with van der Waals surface area (Å²) < 4.78 is 14.6. The van der Waals surface area contributed by atoms with Crippen molar-refractivity contribution in [3.05, 3.63) is 81.5 Å². The van der Waals surface area contributed by atoms with Gasteiger partial charge in [0, 0.05) is 16.6 Å². The Hall–Kier alpha value is -3.32. The number of fused-ring (bicyclic) bond motifs is 1. The number of hydrogen-bond acceptors (Lipinski definition) is 4. The van der Waals surface area contributed by atoms with Crippen molar-refractivity contribution in [2.45, 2.75) is 26.8 Å². The van der Waals surface area contributed by atoms with Gasteiger partial charge in [0.1, 0.15) is 16.7 Å². The van der Waals surface area contributed by atoms with Crippen molar-refractivity contribution in [2.75, 3.05) is 5.32 Å². The average molecular weight is 421 g/mol. The Labute approximate surface area is 176 Å². The van der Waals surface area contributed by atoms with Crippen molar-refractivity contribution in [3.63, 3.8) is 0 Å². The van der Waals surface area contributed by atoms with Gasteiger partial charge < -0.3 is 5.32 Å². The molecule has 0 spiro atoms. The summed E-state index contributed by atoms with van der Waals surface area (Å²) in [5, 5.41) is 5.15. The van der Waals surface area contributed by atoms with Crippen molar-refractivity contribution in [1.29, 1.82) is 0 Å². The lowest BCUT2D eigenvalue weighted by Crippen LogP contribution is -2.31. The molecule has 0 fully saturated rings. The molecule has 1 atom stereocenters. The highest BCUT2D eigenvalue weighted by Gasteiger charge is 2.21. The first-order valence-corrected chi connectivity index (χ1v) is 10.4. The van der Waals surface area contributed by atoms with Gasteiger partial charge in [0.25, 0.3) is 5.56 Å². The van der Waals surface area contributed by atoms with Gasteiger partial charge in [-0.15, -0.1) is 11.3 Å². The molecule has 0 bridgehead atoms. The second-order valence-electron chi connectivity index (χ2n) is 7.28. The Morgan fingerprint density at radius 1 is 1.17 bits per heavy atom. The summed E-state index contributed by atoms with van der Waals surface area (Å²) in [7, 11) is 0. The van der Waals surface area contributed by atoms with Crippen molar-refractivity contribution in [1.82, 2.24) is 9.55 Å². The Morgan fingerprint density at radius 3 is 2.60 bits per heavy atom. The molecule has 0 saturated heterocycles. The van der Waals surface area contributed by atoms with Gasteiger partial charge in [0.15, 0.2) is 0 Å². The lowest BCUT2D eigenvalue weighted by molar-refractivity contribution is -0.118. The summed E-state index contributed by atoms with van der Waals surface area (Å²) >= 11 is 1.34. The maximum absolute atomic E-state index is 13.3. The number of aromatic nitrogens is 2. The van der Waals surface area contributed by atoms with Crippen LogP contribution in [0, 0.1) is 19.7 Å². The van der Waals surface area contributed by atoms with Crippen LogP contribution in [0.25, 0.3) is 21.3 Å². The fourth-order valence-corrected chi connectivity index (χ4v) is 4.29. The van der Waals surface area contributed by atoms with Crippen LogP contribution in [0.2, 0.25) is 0 Å². The quantitative estimate of drug-likeness (QED) is 0.500. The molecule has 2 aromatic heterocycles. The first kappa shape index (κ1) is 20.0. The average Bonchev–Trinajstić information content (AvgIpc) is 3.15. The zero-order valence-corrected chi connectivity index (χ0v) is 17.6. The van der Waals surface area contributed by atoms with Gasteiger partial charge in [-0.2, -0.15) is 0 Å². The van der Waals surface area contributed by atoms with Crippen molar-refractivity contribution in [2.24, 2.45) is 0 Å². The summed E-state index contributed by atoms with van der Waals surface area (Å²) in [5.74, 6) is -0.644. The number of hydrogen-bond donors (Lipinski definition) is 1. The van der Waals surface area contributed by atoms with E-state index in [2.05, 4.69) is 10.3 Å². The van der Waals surface area contributed by atoms with Crippen LogP contribution in [0.3, 0.4) is 0 Å². The summed E-state index contributed by atoms with van der Waals surface area (Å²) in [6, 6.07) is 11.0. The Morgan fingerprint density at radius 2 is 1.90 bits per heavy atom. The zero-order valence-electron chi connectivity index (χ0n) is 16.8. The maximum atomic E-state index is 13.3. The van der Waals surface area contributed by atoms with Gasteiger partial charge in [-0.05, 0) is 50.1 Å². The second kappa shape index (κ2) is 7.84. The van der Waals surface area contributed by atoms with Crippen LogP contribution in [-0.2, 0) is 4.79 Å². The highest BCUT2D eigenvalue weighted by molar-refractivity contribution is 7.17. The number of amides is 1. The number of rotatable bonds is 4. The molecule has 2 heterocycles. The smallest absolute Gasteiger partial charge is 0.263 e. The van der Waals surface area contributed by atoms with Crippen LogP contribution in [0.15, 0.2) is 59.0 Å². The highest BCUT2D eigenvalue weighted by Crippen LogP contribution is 2.31. The molecule has 7 heteroatoms. The molecule has 1 N–H and O–H groups in total. The van der Waals surface area contributed by atoms with Crippen LogP contribution >= 0.6 is 11.3 Å². The molecule has 4 rings (SSSR count). The molecular formula is C23H20FN3O2S. The van der Waals surface area contributed by atoms with E-state index >= 15 is 0 Å². The molecule has 0 aliphatic heterocycles. The molecule has 1 amide bonds. The molecule has 152 valence electrons. The van der Waals surface area contributed by atoms with E-state index in [4.69, 9.17) is 0 Å². The lowest BCUT2D eigenvalue weighted by Gasteiger charge is -2.16. The molecule has 0 radical (unpaired) electrons. The maximum Gasteiger partial charge on any atom is 0.263 e. The van der Waals surface area contributed by atoms with Crippen LogP contribution in [0.4, 0.5) is 10.1 Å². The number of nitrogens with zero attached hydrogens (tertiary/aromatic N) is 2. The number of benzene rings is 2. The van der Waals surface area contributed by atoms with E-state index in [1.54, 1.807) is 19.1 Å². The van der Waals surface area contributed by atoms with Gasteiger partial charge >= 0.3 is 0 Å². The summed E-state index contributed by atoms with van der Waals surface area (Å²) in [6.07, 6.45) is 1.40. The van der Waals surface area contributed by atoms with Crippen LogP contribution < -0.4 is 10.9 Å². The van der Waals surface area contributed by atoms with Gasteiger partial charge in [-0.25, -0.2) is 9.37 Å². The topological polar surface area (TPSA) is 64.0 Å². The fraction of sp³-hybridized carbons (Fsp3) is 0.174. The third-order valence-electron chi connectivity index (χ3n) is 5.11. The zero-order chi connectivity index (χ0) is 21.4. The lowest BCUT2D eigenvalue weighted by atomic mass is 10.1. The number of anilines is 1. The van der Waals surface area contributed by atoms with Gasteiger partial charge in [-0.1, -0.05) is 29.8 Å². The number of carbonyl (C=O) groups is 1. The number of carbonyl (C=O) groups excluding carboxylic acids is 1. The third kappa shape index (κ3) is 3.64. The number of thiophene rings is 1. The van der Waals surface area contributed by atoms with Crippen molar-refractivity contribution < 1.29 is 9.18 Å². The van der Waals surface area contributed by atoms with E-state index in [1.807, 2.05) is 37.4 Å². The Balaban J connectivity index is 1.71. The molecule has 5 nitrogen and oxygen atoms in total. The van der Waals surface area contributed by atoms with E-state index in [9.17, 15) is 14.0 Å². The third-order valence-corrected chi connectivity index (χ3v) is 6.00. The van der Waals surface area contributed by atoms with Crippen LogP contribution in [0.1, 0.15) is 24.1 Å². The number of halogens is 1. The van der Waals surface area contributed by atoms with E-state index < -0.39 is 6.04 Å². The molecule has 0 aliphatic rings. The van der Waals surface area contributed by atoms with E-state index in [0.29, 0.717) is 21.5 Å². The monoisotopic (exact) mass is 421 g/mol. The SMILES string of the molecule is Cc1ccc(NC(=O)C(C)n2cnc3scc(-c4ccc(F)cc4)c3c2=O)c(C)c1. The van der Waals surface area contributed by atoms with Gasteiger partial charge in [0.2, 0.25) is 5.91 Å². The standard InChI is InChI=1S/C23H20FN3O2S/c1-13-4-9-19(14(2)10-13)26-21(28)15(3)27-12-25-22-20(23(27)29)18(11-30-22)16-5-7-17(24)8-6-16/h4-12,15H,1-3H3,(H,26,28). The Bertz CT molecular complexity index is 1310. The Kier molecular flexibility index (Phi) is 5.22. The first-order valence-electron chi connectivity index (χ1n) is 9.47. The molecule has 2 aromatic carbocycles. The highest BCUT2D eigenvalue weighted by atomic mass is 32.1. The predicted octanol–water partition coefficient (Wildman–Crippen LogP) is 5.08. The normalized spacial score (nSPS) is 12.1. The van der Waals surface area contributed by atoms with Gasteiger partial charge in [-0.3, -0.25) is 14.2 Å². The first-order chi connectivity index (χ1) is 14.3. The molecule has 0 saturated carbocycles. The second-order valence-corrected chi connectivity index (χ2v) is 8.14. The summed E-state index contributed by atoms with van der Waals surface area (Å²) in [4.78, 5) is 31.0. The minimum Gasteiger partial charge on any atom is -0.324 e. The predicted molar refractivity (Wildman–Crippen MR) is 119 cm³/mol. The van der Waals surface area contributed by atoms with Crippen LogP contribution in [0.5, 0.6) is 0 Å². The summed E-state index contributed by atoms with van der Waals surface area (Å²) in [6.45, 7) is 5.58. The minimum absolute atomic E-state index is 0.302. The van der Waals surface area contributed by atoms with Crippen molar-refractivity contribution in [3.8, 4) is 11.1 Å². The number of aryl methyl sites for hydroxylation is 2. The largest absolute Gasteiger partial charge is 0.324 e.